The van der Waals surface area contributed by atoms with Gasteiger partial charge in [-0.25, -0.2) is 4.79 Å². The van der Waals surface area contributed by atoms with E-state index in [1.807, 2.05) is 18.2 Å². The molecule has 0 fully saturated rings. The van der Waals surface area contributed by atoms with Gasteiger partial charge in [-0.1, -0.05) is 55.8 Å². The lowest BCUT2D eigenvalue weighted by molar-refractivity contribution is -0.121. The van der Waals surface area contributed by atoms with Crippen molar-refractivity contribution in [2.45, 2.75) is 38.6 Å². The van der Waals surface area contributed by atoms with Crippen molar-refractivity contribution in [3.8, 4) is 0 Å². The van der Waals surface area contributed by atoms with Gasteiger partial charge in [0.1, 0.15) is 0 Å². The third-order valence-electron chi connectivity index (χ3n) is 3.87. The maximum Gasteiger partial charge on any atom is 0.335 e. The lowest BCUT2D eigenvalue weighted by Gasteiger charge is -2.18. The van der Waals surface area contributed by atoms with E-state index in [0.717, 1.165) is 19.3 Å². The van der Waals surface area contributed by atoms with Crippen LogP contribution in [-0.2, 0) is 17.6 Å². The van der Waals surface area contributed by atoms with Gasteiger partial charge in [0, 0.05) is 6.04 Å². The molecule has 0 aliphatic rings. The van der Waals surface area contributed by atoms with Crippen molar-refractivity contribution in [1.29, 1.82) is 0 Å². The summed E-state index contributed by atoms with van der Waals surface area (Å²) in [4.78, 5) is 23.3. The number of carboxylic acid groups (broad SMARTS) is 1. The van der Waals surface area contributed by atoms with Crippen LogP contribution in [0, 0.1) is 0 Å². The number of carboxylic acids is 1. The van der Waals surface area contributed by atoms with E-state index in [9.17, 15) is 9.59 Å². The molecule has 0 aliphatic carbocycles. The first kappa shape index (κ1) is 17.7. The molecule has 0 saturated heterocycles. The highest BCUT2D eigenvalue weighted by molar-refractivity contribution is 5.88. The number of hydrogen-bond donors (Lipinski definition) is 2. The molecule has 0 bridgehead atoms. The summed E-state index contributed by atoms with van der Waals surface area (Å²) in [5.74, 6) is -1.06. The molecule has 24 heavy (non-hydrogen) atoms. The van der Waals surface area contributed by atoms with Gasteiger partial charge in [-0.2, -0.15) is 0 Å². The molecule has 126 valence electrons. The summed E-state index contributed by atoms with van der Waals surface area (Å²) < 4.78 is 0. The summed E-state index contributed by atoms with van der Waals surface area (Å²) in [7, 11) is 0. The Morgan fingerprint density at radius 1 is 1.04 bits per heavy atom. The molecular weight excluding hydrogens is 302 g/mol. The zero-order valence-corrected chi connectivity index (χ0v) is 13.9. The molecule has 0 spiro atoms. The normalized spacial score (nSPS) is 11.7. The molecule has 2 N–H and O–H groups in total. The number of aromatic carboxylic acids is 1. The zero-order chi connectivity index (χ0) is 17.4. The Kier molecular flexibility index (Phi) is 6.55. The van der Waals surface area contributed by atoms with Gasteiger partial charge in [-0.3, -0.25) is 4.79 Å². The van der Waals surface area contributed by atoms with Crippen molar-refractivity contribution in [2.24, 2.45) is 0 Å². The van der Waals surface area contributed by atoms with E-state index >= 15 is 0 Å². The highest BCUT2D eigenvalue weighted by atomic mass is 16.4. The topological polar surface area (TPSA) is 66.4 Å². The van der Waals surface area contributed by atoms with Gasteiger partial charge in [0.15, 0.2) is 0 Å². The van der Waals surface area contributed by atoms with Gasteiger partial charge in [0.2, 0.25) is 5.91 Å². The second-order valence-corrected chi connectivity index (χ2v) is 5.93. The fourth-order valence-electron chi connectivity index (χ4n) is 2.75. The predicted octanol–water partition coefficient (Wildman–Crippen LogP) is 3.45. The van der Waals surface area contributed by atoms with Crippen LogP contribution in [0.25, 0.3) is 0 Å². The van der Waals surface area contributed by atoms with Gasteiger partial charge in [-0.15, -0.1) is 0 Å². The first-order chi connectivity index (χ1) is 11.6. The van der Waals surface area contributed by atoms with Gasteiger partial charge >= 0.3 is 5.97 Å². The van der Waals surface area contributed by atoms with Crippen molar-refractivity contribution in [1.82, 2.24) is 5.32 Å². The summed E-state index contributed by atoms with van der Waals surface area (Å²) >= 11 is 0. The number of benzene rings is 2. The Morgan fingerprint density at radius 3 is 2.42 bits per heavy atom. The first-order valence-electron chi connectivity index (χ1n) is 8.24. The van der Waals surface area contributed by atoms with Crippen LogP contribution in [0.4, 0.5) is 0 Å². The molecule has 1 atom stereocenters. The molecule has 1 unspecified atom stereocenters. The molecule has 0 saturated carbocycles. The minimum Gasteiger partial charge on any atom is -0.478 e. The maximum atomic E-state index is 12.3. The molecule has 1 amide bonds. The van der Waals surface area contributed by atoms with Crippen LogP contribution in [0.15, 0.2) is 54.6 Å². The third kappa shape index (κ3) is 5.54. The molecular formula is C20H23NO3. The first-order valence-corrected chi connectivity index (χ1v) is 8.24. The minimum absolute atomic E-state index is 0.0769. The summed E-state index contributed by atoms with van der Waals surface area (Å²) in [5, 5.41) is 12.1. The molecule has 0 aliphatic heterocycles. The summed E-state index contributed by atoms with van der Waals surface area (Å²) in [6.45, 7) is 2.10. The van der Waals surface area contributed by atoms with Gasteiger partial charge in [0.25, 0.3) is 0 Å². The highest BCUT2D eigenvalue weighted by Crippen LogP contribution is 2.10. The lowest BCUT2D eigenvalue weighted by Crippen LogP contribution is -2.37. The molecule has 0 aromatic heterocycles. The van der Waals surface area contributed by atoms with E-state index in [1.165, 1.54) is 11.6 Å². The van der Waals surface area contributed by atoms with Crippen molar-refractivity contribution in [2.75, 3.05) is 0 Å². The van der Waals surface area contributed by atoms with E-state index in [-0.39, 0.29) is 23.9 Å². The van der Waals surface area contributed by atoms with Gasteiger partial charge in [0.05, 0.1) is 12.0 Å². The van der Waals surface area contributed by atoms with Crippen LogP contribution in [-0.4, -0.2) is 23.0 Å². The molecule has 2 aromatic carbocycles. The molecule has 2 rings (SSSR count). The second kappa shape index (κ2) is 8.87. The Labute approximate surface area is 142 Å². The Balaban J connectivity index is 1.97. The monoisotopic (exact) mass is 325 g/mol. The van der Waals surface area contributed by atoms with Crippen molar-refractivity contribution < 1.29 is 14.7 Å². The highest BCUT2D eigenvalue weighted by Gasteiger charge is 2.13. The average molecular weight is 325 g/mol. The molecule has 4 heteroatoms. The maximum absolute atomic E-state index is 12.3. The van der Waals surface area contributed by atoms with E-state index < -0.39 is 5.97 Å². The van der Waals surface area contributed by atoms with Crippen LogP contribution < -0.4 is 5.32 Å². The van der Waals surface area contributed by atoms with Crippen LogP contribution >= 0.6 is 0 Å². The quantitative estimate of drug-likeness (QED) is 0.781. The van der Waals surface area contributed by atoms with Crippen molar-refractivity contribution in [3.63, 3.8) is 0 Å². The van der Waals surface area contributed by atoms with Gasteiger partial charge < -0.3 is 10.4 Å². The standard InChI is InChI=1S/C20H23NO3/c1-2-7-18(13-15-8-4-3-5-9-15)21-19(22)14-16-10-6-11-17(12-16)20(23)24/h3-6,8-12,18H,2,7,13-14H2,1H3,(H,21,22)(H,23,24). The summed E-state index contributed by atoms with van der Waals surface area (Å²) in [5.41, 5.74) is 2.11. The van der Waals surface area contributed by atoms with Crippen LogP contribution in [0.3, 0.4) is 0 Å². The van der Waals surface area contributed by atoms with Crippen LogP contribution in [0.2, 0.25) is 0 Å². The molecule has 0 heterocycles. The smallest absolute Gasteiger partial charge is 0.335 e. The molecule has 4 nitrogen and oxygen atoms in total. The number of hydrogen-bond acceptors (Lipinski definition) is 2. The van der Waals surface area contributed by atoms with E-state index in [4.69, 9.17) is 5.11 Å². The lowest BCUT2D eigenvalue weighted by atomic mass is 10.0. The third-order valence-corrected chi connectivity index (χ3v) is 3.87. The summed E-state index contributed by atoms with van der Waals surface area (Å²) in [6.07, 6.45) is 2.90. The predicted molar refractivity (Wildman–Crippen MR) is 94.1 cm³/mol. The number of amides is 1. The number of nitrogens with one attached hydrogen (secondary N) is 1. The Hall–Kier alpha value is -2.62. The number of carbonyl (C=O) groups is 2. The Bertz CT molecular complexity index is 682. The molecule has 2 aromatic rings. The second-order valence-electron chi connectivity index (χ2n) is 5.93. The SMILES string of the molecule is CCCC(Cc1ccccc1)NC(=O)Cc1cccc(C(=O)O)c1. The largest absolute Gasteiger partial charge is 0.478 e. The van der Waals surface area contributed by atoms with Gasteiger partial charge in [-0.05, 0) is 36.1 Å². The van der Waals surface area contributed by atoms with Crippen molar-refractivity contribution >= 4 is 11.9 Å². The van der Waals surface area contributed by atoms with E-state index in [1.54, 1.807) is 18.2 Å². The zero-order valence-electron chi connectivity index (χ0n) is 13.9. The number of rotatable bonds is 8. The summed E-state index contributed by atoms with van der Waals surface area (Å²) in [6, 6.07) is 16.7. The fraction of sp³-hybridized carbons (Fsp3) is 0.300. The molecule has 0 radical (unpaired) electrons. The average Bonchev–Trinajstić information content (AvgIpc) is 2.56. The van der Waals surface area contributed by atoms with E-state index in [0.29, 0.717) is 5.56 Å². The van der Waals surface area contributed by atoms with Crippen molar-refractivity contribution in [3.05, 3.63) is 71.3 Å². The number of carbonyl (C=O) groups excluding carboxylic acids is 1. The Morgan fingerprint density at radius 2 is 1.75 bits per heavy atom. The van der Waals surface area contributed by atoms with Crippen LogP contribution in [0.1, 0.15) is 41.3 Å². The van der Waals surface area contributed by atoms with E-state index in [2.05, 4.69) is 24.4 Å². The minimum atomic E-state index is -0.981. The fourth-order valence-corrected chi connectivity index (χ4v) is 2.75. The van der Waals surface area contributed by atoms with Crippen LogP contribution in [0.5, 0.6) is 0 Å².